The van der Waals surface area contributed by atoms with Crippen molar-refractivity contribution >= 4 is 5.71 Å². The fraction of sp³-hybridized carbons (Fsp3) is 0.278. The maximum Gasteiger partial charge on any atom is 0.216 e. The molecule has 2 aliphatic rings. The Hall–Kier alpha value is -1.97. The number of aliphatic imine (C=N–C) groups is 1. The molecule has 3 nitrogen and oxygen atoms in total. The number of aliphatic hydroxyl groups is 2. The van der Waals surface area contributed by atoms with Crippen molar-refractivity contribution in [2.45, 2.75) is 25.2 Å². The van der Waals surface area contributed by atoms with Crippen molar-refractivity contribution in [3.05, 3.63) is 59.7 Å². The Morgan fingerprint density at radius 2 is 1.43 bits per heavy atom. The topological polar surface area (TPSA) is 52.8 Å². The van der Waals surface area contributed by atoms with Crippen molar-refractivity contribution < 1.29 is 10.2 Å². The van der Waals surface area contributed by atoms with Gasteiger partial charge in [0, 0.05) is 17.2 Å². The fourth-order valence-electron chi connectivity index (χ4n) is 3.80. The fourth-order valence-corrected chi connectivity index (χ4v) is 3.80. The highest BCUT2D eigenvalue weighted by Crippen LogP contribution is 2.58. The zero-order chi connectivity index (χ0) is 14.8. The second kappa shape index (κ2) is 3.81. The molecule has 0 aromatic heterocycles. The van der Waals surface area contributed by atoms with Crippen LogP contribution in [-0.4, -0.2) is 15.9 Å². The van der Waals surface area contributed by atoms with E-state index >= 15 is 0 Å². The number of nitrogens with zero attached hydrogens (tertiary/aromatic N) is 1. The van der Waals surface area contributed by atoms with Gasteiger partial charge in [0.15, 0.2) is 5.60 Å². The molecule has 0 unspecified atom stereocenters. The zero-order valence-electron chi connectivity index (χ0n) is 12.0. The van der Waals surface area contributed by atoms with Crippen molar-refractivity contribution in [3.63, 3.8) is 0 Å². The molecule has 0 spiro atoms. The first-order valence-electron chi connectivity index (χ1n) is 7.20. The third-order valence-corrected chi connectivity index (χ3v) is 5.05. The summed E-state index contributed by atoms with van der Waals surface area (Å²) in [4.78, 5) is 4.46. The van der Waals surface area contributed by atoms with Gasteiger partial charge in [-0.05, 0) is 23.6 Å². The first kappa shape index (κ1) is 12.7. The SMILES string of the molecule is CC1=N[C@]2(O)c3ccccc3-c3ccccc3[C@@]2(O)[C@H]1C. The van der Waals surface area contributed by atoms with Crippen molar-refractivity contribution in [3.8, 4) is 11.1 Å². The molecule has 2 aromatic rings. The molecule has 0 saturated carbocycles. The average molecular weight is 279 g/mol. The Morgan fingerprint density at radius 3 is 2.10 bits per heavy atom. The van der Waals surface area contributed by atoms with Gasteiger partial charge < -0.3 is 10.2 Å². The summed E-state index contributed by atoms with van der Waals surface area (Å²) in [6.45, 7) is 3.78. The van der Waals surface area contributed by atoms with Gasteiger partial charge in [-0.2, -0.15) is 0 Å². The average Bonchev–Trinajstić information content (AvgIpc) is 2.69. The summed E-state index contributed by atoms with van der Waals surface area (Å²) in [7, 11) is 0. The van der Waals surface area contributed by atoms with Crippen LogP contribution in [0.3, 0.4) is 0 Å². The lowest BCUT2D eigenvalue weighted by Gasteiger charge is -2.45. The first-order chi connectivity index (χ1) is 10.00. The van der Waals surface area contributed by atoms with E-state index in [4.69, 9.17) is 0 Å². The largest absolute Gasteiger partial charge is 0.379 e. The molecule has 0 fully saturated rings. The van der Waals surface area contributed by atoms with Gasteiger partial charge in [0.2, 0.25) is 5.72 Å². The highest BCUT2D eigenvalue weighted by molar-refractivity contribution is 5.91. The Bertz CT molecular complexity index is 782. The van der Waals surface area contributed by atoms with Crippen molar-refractivity contribution in [1.82, 2.24) is 0 Å². The predicted octanol–water partition coefficient (Wildman–Crippen LogP) is 2.81. The van der Waals surface area contributed by atoms with Gasteiger partial charge >= 0.3 is 0 Å². The molecule has 0 bridgehead atoms. The molecule has 21 heavy (non-hydrogen) atoms. The molecule has 0 saturated heterocycles. The van der Waals surface area contributed by atoms with E-state index in [9.17, 15) is 10.2 Å². The maximum atomic E-state index is 11.4. The maximum absolute atomic E-state index is 11.4. The summed E-state index contributed by atoms with van der Waals surface area (Å²) in [5.41, 5.74) is 1.08. The second-order valence-corrected chi connectivity index (χ2v) is 6.00. The number of benzene rings is 2. The summed E-state index contributed by atoms with van der Waals surface area (Å²) in [5, 5.41) is 22.7. The predicted molar refractivity (Wildman–Crippen MR) is 81.9 cm³/mol. The Balaban J connectivity index is 2.17. The van der Waals surface area contributed by atoms with E-state index in [2.05, 4.69) is 4.99 Å². The van der Waals surface area contributed by atoms with Gasteiger partial charge in [-0.15, -0.1) is 0 Å². The van der Waals surface area contributed by atoms with Gasteiger partial charge in [-0.25, -0.2) is 0 Å². The Morgan fingerprint density at radius 1 is 0.905 bits per heavy atom. The Labute approximate surface area is 123 Å². The molecule has 3 heteroatoms. The molecule has 2 aromatic carbocycles. The van der Waals surface area contributed by atoms with E-state index < -0.39 is 11.3 Å². The summed E-state index contributed by atoms with van der Waals surface area (Å²) in [5.74, 6) is -0.239. The van der Waals surface area contributed by atoms with Crippen LogP contribution in [0, 0.1) is 5.92 Å². The molecule has 2 N–H and O–H groups in total. The number of hydrogen-bond donors (Lipinski definition) is 2. The standard InChI is InChI=1S/C18H17NO2/c1-11-12(2)19-18(21)16-10-6-4-8-14(16)13-7-3-5-9-15(13)17(11,18)20/h3-11,20-21H,1-2H3/t11-,17-,18-/m0/s1. The van der Waals surface area contributed by atoms with E-state index in [1.807, 2.05) is 62.4 Å². The van der Waals surface area contributed by atoms with E-state index in [1.165, 1.54) is 0 Å². The number of hydrogen-bond acceptors (Lipinski definition) is 3. The number of fused-ring (bicyclic) bond motifs is 6. The van der Waals surface area contributed by atoms with E-state index in [1.54, 1.807) is 0 Å². The van der Waals surface area contributed by atoms with Crippen LogP contribution in [0.25, 0.3) is 11.1 Å². The summed E-state index contributed by atoms with van der Waals surface area (Å²) >= 11 is 0. The van der Waals surface area contributed by atoms with Gasteiger partial charge in [0.1, 0.15) is 0 Å². The van der Waals surface area contributed by atoms with Gasteiger partial charge in [0.25, 0.3) is 0 Å². The van der Waals surface area contributed by atoms with Crippen molar-refractivity contribution in [2.75, 3.05) is 0 Å². The zero-order valence-corrected chi connectivity index (χ0v) is 12.0. The minimum absolute atomic E-state index is 0.239. The van der Waals surface area contributed by atoms with E-state index in [0.717, 1.165) is 22.4 Å². The lowest BCUT2D eigenvalue weighted by Crippen LogP contribution is -2.51. The van der Waals surface area contributed by atoms with Crippen LogP contribution >= 0.6 is 0 Å². The van der Waals surface area contributed by atoms with Crippen LogP contribution in [0.2, 0.25) is 0 Å². The summed E-state index contributed by atoms with van der Waals surface area (Å²) in [6.07, 6.45) is 0. The molecule has 4 rings (SSSR count). The molecular formula is C18H17NO2. The third kappa shape index (κ3) is 1.29. The Kier molecular flexibility index (Phi) is 2.31. The quantitative estimate of drug-likeness (QED) is 0.779. The van der Waals surface area contributed by atoms with Crippen molar-refractivity contribution in [2.24, 2.45) is 10.9 Å². The second-order valence-electron chi connectivity index (χ2n) is 6.00. The monoisotopic (exact) mass is 279 g/mol. The minimum atomic E-state index is -1.61. The van der Waals surface area contributed by atoms with Crippen LogP contribution < -0.4 is 0 Å². The molecule has 1 aliphatic carbocycles. The molecule has 1 heterocycles. The van der Waals surface area contributed by atoms with Crippen LogP contribution in [-0.2, 0) is 11.3 Å². The van der Waals surface area contributed by atoms with Gasteiger partial charge in [-0.3, -0.25) is 4.99 Å². The molecule has 0 amide bonds. The third-order valence-electron chi connectivity index (χ3n) is 5.05. The highest BCUT2D eigenvalue weighted by atomic mass is 16.4. The lowest BCUT2D eigenvalue weighted by atomic mass is 9.66. The molecular weight excluding hydrogens is 262 g/mol. The van der Waals surface area contributed by atoms with E-state index in [-0.39, 0.29) is 5.92 Å². The first-order valence-corrected chi connectivity index (χ1v) is 7.20. The van der Waals surface area contributed by atoms with E-state index in [0.29, 0.717) is 5.56 Å². The summed E-state index contributed by atoms with van der Waals surface area (Å²) < 4.78 is 0. The van der Waals surface area contributed by atoms with Crippen molar-refractivity contribution in [1.29, 1.82) is 0 Å². The van der Waals surface area contributed by atoms with Crippen LogP contribution in [0.15, 0.2) is 53.5 Å². The van der Waals surface area contributed by atoms with Crippen LogP contribution in [0.4, 0.5) is 0 Å². The smallest absolute Gasteiger partial charge is 0.216 e. The minimum Gasteiger partial charge on any atom is -0.379 e. The van der Waals surface area contributed by atoms with Crippen LogP contribution in [0.1, 0.15) is 25.0 Å². The molecule has 106 valence electrons. The van der Waals surface area contributed by atoms with Gasteiger partial charge in [0.05, 0.1) is 0 Å². The molecule has 3 atom stereocenters. The van der Waals surface area contributed by atoms with Gasteiger partial charge in [-0.1, -0.05) is 55.5 Å². The lowest BCUT2D eigenvalue weighted by molar-refractivity contribution is -0.165. The summed E-state index contributed by atoms with van der Waals surface area (Å²) in [6, 6.07) is 15.4. The normalized spacial score (nSPS) is 33.0. The molecule has 1 aliphatic heterocycles. The van der Waals surface area contributed by atoms with Crippen LogP contribution in [0.5, 0.6) is 0 Å². The molecule has 0 radical (unpaired) electrons. The number of rotatable bonds is 0. The highest BCUT2D eigenvalue weighted by Gasteiger charge is 2.63.